The van der Waals surface area contributed by atoms with Crippen LogP contribution in [-0.4, -0.2) is 17.7 Å². The predicted octanol–water partition coefficient (Wildman–Crippen LogP) is 8.65. The lowest BCUT2D eigenvalue weighted by Crippen LogP contribution is -2.20. The van der Waals surface area contributed by atoms with Crippen molar-refractivity contribution in [3.63, 3.8) is 0 Å². The minimum atomic E-state index is -0.930. The molecule has 1 aliphatic rings. The van der Waals surface area contributed by atoms with Gasteiger partial charge in [-0.3, -0.25) is 0 Å². The summed E-state index contributed by atoms with van der Waals surface area (Å²) in [5.74, 6) is 1.61. The zero-order valence-electron chi connectivity index (χ0n) is 20.4. The van der Waals surface area contributed by atoms with E-state index in [9.17, 15) is 4.79 Å². The van der Waals surface area contributed by atoms with E-state index in [4.69, 9.17) is 9.84 Å². The predicted molar refractivity (Wildman–Crippen MR) is 139 cm³/mol. The summed E-state index contributed by atoms with van der Waals surface area (Å²) in [6, 6.07) is 12.2. The third-order valence-electron chi connectivity index (χ3n) is 7.17. The number of aliphatic carboxylic acids is 1. The molecule has 3 rings (SSSR count). The van der Waals surface area contributed by atoms with E-state index in [1.54, 1.807) is 6.08 Å². The van der Waals surface area contributed by atoms with Crippen molar-refractivity contribution in [1.29, 1.82) is 0 Å². The molecule has 2 aromatic carbocycles. The van der Waals surface area contributed by atoms with Crippen molar-refractivity contribution in [3.8, 4) is 5.75 Å². The van der Waals surface area contributed by atoms with Crippen molar-refractivity contribution in [1.82, 2.24) is 0 Å². The molecule has 2 aromatic rings. The molecule has 0 aliphatic heterocycles. The molecular formula is C30H42O3. The van der Waals surface area contributed by atoms with Crippen LogP contribution in [0.15, 0.2) is 42.5 Å². The van der Waals surface area contributed by atoms with Gasteiger partial charge in [-0.2, -0.15) is 0 Å². The zero-order valence-corrected chi connectivity index (χ0v) is 20.4. The second-order valence-electron chi connectivity index (χ2n) is 9.90. The molecule has 0 heterocycles. The average Bonchev–Trinajstić information content (AvgIpc) is 2.83. The number of hydrogen-bond acceptors (Lipinski definition) is 2. The molecule has 0 radical (unpaired) electrons. The van der Waals surface area contributed by atoms with Gasteiger partial charge >= 0.3 is 5.97 Å². The summed E-state index contributed by atoms with van der Waals surface area (Å²) in [5.41, 5.74) is 0.891. The number of carboxylic acid groups (broad SMARTS) is 1. The molecule has 1 N–H and O–H groups in total. The number of benzene rings is 2. The Morgan fingerprint density at radius 2 is 1.52 bits per heavy atom. The van der Waals surface area contributed by atoms with Crippen LogP contribution >= 0.6 is 0 Å². The Balaban J connectivity index is 1.33. The number of unbranched alkanes of at least 4 members (excludes halogenated alkanes) is 7. The molecule has 3 heteroatoms. The number of fused-ring (bicyclic) bond motifs is 1. The van der Waals surface area contributed by atoms with Crippen LogP contribution < -0.4 is 4.74 Å². The number of carbonyl (C=O) groups is 1. The lowest BCUT2D eigenvalue weighted by atomic mass is 9.80. The first-order chi connectivity index (χ1) is 16.1. The van der Waals surface area contributed by atoms with E-state index >= 15 is 0 Å². The van der Waals surface area contributed by atoms with Crippen molar-refractivity contribution in [3.05, 3.63) is 48.0 Å². The monoisotopic (exact) mass is 450 g/mol. The SMILES string of the molecule is CCCCCCCCCC[C@H]1CC[C@H](COc2ccc3cc(/C=C/C(=O)O)ccc3c2)CC1. The van der Waals surface area contributed by atoms with Crippen LogP contribution in [0.2, 0.25) is 0 Å². The maximum Gasteiger partial charge on any atom is 0.328 e. The topological polar surface area (TPSA) is 46.5 Å². The minimum Gasteiger partial charge on any atom is -0.493 e. The lowest BCUT2D eigenvalue weighted by molar-refractivity contribution is -0.131. The van der Waals surface area contributed by atoms with Crippen molar-refractivity contribution in [2.24, 2.45) is 11.8 Å². The van der Waals surface area contributed by atoms with Crippen LogP contribution in [0.4, 0.5) is 0 Å². The first-order valence-electron chi connectivity index (χ1n) is 13.2. The van der Waals surface area contributed by atoms with Crippen LogP contribution in [0.5, 0.6) is 5.75 Å². The van der Waals surface area contributed by atoms with Gasteiger partial charge in [0.15, 0.2) is 0 Å². The maximum atomic E-state index is 10.7. The van der Waals surface area contributed by atoms with Gasteiger partial charge in [0.05, 0.1) is 6.61 Å². The second-order valence-corrected chi connectivity index (χ2v) is 9.90. The van der Waals surface area contributed by atoms with Gasteiger partial charge in [-0.05, 0) is 65.3 Å². The third-order valence-corrected chi connectivity index (χ3v) is 7.17. The van der Waals surface area contributed by atoms with Crippen LogP contribution in [0.3, 0.4) is 0 Å². The lowest BCUT2D eigenvalue weighted by Gasteiger charge is -2.28. The highest BCUT2D eigenvalue weighted by Gasteiger charge is 2.21. The van der Waals surface area contributed by atoms with Crippen molar-refractivity contribution < 1.29 is 14.6 Å². The van der Waals surface area contributed by atoms with Gasteiger partial charge in [0.2, 0.25) is 0 Å². The zero-order chi connectivity index (χ0) is 23.3. The molecule has 0 saturated heterocycles. The van der Waals surface area contributed by atoms with E-state index in [1.807, 2.05) is 24.3 Å². The van der Waals surface area contributed by atoms with Crippen LogP contribution in [-0.2, 0) is 4.79 Å². The Morgan fingerprint density at radius 3 is 2.24 bits per heavy atom. The minimum absolute atomic E-state index is 0.680. The van der Waals surface area contributed by atoms with E-state index in [-0.39, 0.29) is 0 Å². The summed E-state index contributed by atoms with van der Waals surface area (Å²) < 4.78 is 6.16. The summed E-state index contributed by atoms with van der Waals surface area (Å²) in [7, 11) is 0. The fraction of sp³-hybridized carbons (Fsp3) is 0.567. The molecule has 180 valence electrons. The van der Waals surface area contributed by atoms with Gasteiger partial charge in [-0.1, -0.05) is 95.8 Å². The highest BCUT2D eigenvalue weighted by Crippen LogP contribution is 2.33. The quantitative estimate of drug-likeness (QED) is 0.231. The normalized spacial score (nSPS) is 18.7. The van der Waals surface area contributed by atoms with Crippen molar-refractivity contribution >= 4 is 22.8 Å². The number of rotatable bonds is 14. The molecule has 0 unspecified atom stereocenters. The Bertz CT molecular complexity index is 877. The van der Waals surface area contributed by atoms with Crippen LogP contribution in [0.25, 0.3) is 16.8 Å². The smallest absolute Gasteiger partial charge is 0.328 e. The highest BCUT2D eigenvalue weighted by atomic mass is 16.5. The second kappa shape index (κ2) is 14.1. The molecule has 1 saturated carbocycles. The molecule has 1 fully saturated rings. The molecule has 0 bridgehead atoms. The Morgan fingerprint density at radius 1 is 0.879 bits per heavy atom. The van der Waals surface area contributed by atoms with Gasteiger partial charge in [-0.25, -0.2) is 4.79 Å². The van der Waals surface area contributed by atoms with Gasteiger partial charge in [-0.15, -0.1) is 0 Å². The van der Waals surface area contributed by atoms with Gasteiger partial charge in [0, 0.05) is 6.08 Å². The van der Waals surface area contributed by atoms with E-state index in [0.29, 0.717) is 5.92 Å². The molecule has 0 spiro atoms. The summed E-state index contributed by atoms with van der Waals surface area (Å²) in [4.78, 5) is 10.7. The van der Waals surface area contributed by atoms with E-state index in [0.717, 1.165) is 34.6 Å². The van der Waals surface area contributed by atoms with Crippen LogP contribution in [0.1, 0.15) is 96.0 Å². The van der Waals surface area contributed by atoms with Gasteiger partial charge < -0.3 is 9.84 Å². The molecule has 0 amide bonds. The van der Waals surface area contributed by atoms with E-state index < -0.39 is 5.97 Å². The number of carboxylic acids is 1. The van der Waals surface area contributed by atoms with Gasteiger partial charge in [0.1, 0.15) is 5.75 Å². The maximum absolute atomic E-state index is 10.7. The molecule has 33 heavy (non-hydrogen) atoms. The first-order valence-corrected chi connectivity index (χ1v) is 13.2. The summed E-state index contributed by atoms with van der Waals surface area (Å²) in [5, 5.41) is 11.0. The third kappa shape index (κ3) is 9.23. The molecule has 3 nitrogen and oxygen atoms in total. The van der Waals surface area contributed by atoms with Crippen LogP contribution in [0, 0.1) is 11.8 Å². The molecule has 0 atom stereocenters. The number of hydrogen-bond donors (Lipinski definition) is 1. The molecule has 1 aliphatic carbocycles. The van der Waals surface area contributed by atoms with Crippen molar-refractivity contribution in [2.45, 2.75) is 90.4 Å². The molecule has 0 aromatic heterocycles. The Kier molecular flexibility index (Phi) is 10.8. The summed E-state index contributed by atoms with van der Waals surface area (Å²) >= 11 is 0. The van der Waals surface area contributed by atoms with E-state index in [2.05, 4.69) is 19.1 Å². The summed E-state index contributed by atoms with van der Waals surface area (Å²) in [6.45, 7) is 3.10. The molecular weight excluding hydrogens is 408 g/mol. The Labute approximate surface area is 200 Å². The largest absolute Gasteiger partial charge is 0.493 e. The average molecular weight is 451 g/mol. The summed E-state index contributed by atoms with van der Waals surface area (Å²) in [6.07, 6.45) is 20.9. The standard InChI is InChI=1S/C30H42O3/c1-2-3-4-5-6-7-8-9-10-24-11-13-26(14-12-24)23-33-29-19-18-27-21-25(16-20-30(31)32)15-17-28(27)22-29/h15-22,24,26H,2-14,23H2,1H3,(H,31,32)/b20-16+/t24-,26-. The number of ether oxygens (including phenoxy) is 1. The van der Waals surface area contributed by atoms with E-state index in [1.165, 1.54) is 89.5 Å². The van der Waals surface area contributed by atoms with Gasteiger partial charge in [0.25, 0.3) is 0 Å². The Hall–Kier alpha value is -2.29. The first kappa shape index (κ1) is 25.3. The fourth-order valence-corrected chi connectivity index (χ4v) is 5.07. The fourth-order valence-electron chi connectivity index (χ4n) is 5.07. The van der Waals surface area contributed by atoms with Crippen molar-refractivity contribution in [2.75, 3.05) is 6.61 Å². The highest BCUT2D eigenvalue weighted by molar-refractivity contribution is 5.89.